The lowest BCUT2D eigenvalue weighted by Crippen LogP contribution is -2.26. The summed E-state index contributed by atoms with van der Waals surface area (Å²) in [5.74, 6) is -1.84. The van der Waals surface area contributed by atoms with Crippen molar-refractivity contribution in [3.8, 4) is 5.75 Å². The lowest BCUT2D eigenvalue weighted by atomic mass is 9.92. The normalized spacial score (nSPS) is 20.2. The van der Waals surface area contributed by atoms with Crippen molar-refractivity contribution in [2.24, 2.45) is 0 Å². The van der Waals surface area contributed by atoms with Crippen molar-refractivity contribution < 1.29 is 27.8 Å². The number of carbonyl (C=O) groups excluding carboxylic acids is 1. The molecule has 0 radical (unpaired) electrons. The number of hydrogen-bond acceptors (Lipinski definition) is 6. The Hall–Kier alpha value is -2.64. The molecule has 2 aromatic carbocycles. The van der Waals surface area contributed by atoms with Crippen LogP contribution in [0.5, 0.6) is 5.75 Å². The van der Waals surface area contributed by atoms with Gasteiger partial charge >= 0.3 is 5.97 Å². The SMILES string of the molecule is COc1ccc(C2=C(c3ccc(S(C)(=O)=O)cc3)C(C)(O)OC2=O)cc1. The molecule has 6 nitrogen and oxygen atoms in total. The van der Waals surface area contributed by atoms with Gasteiger partial charge in [0.05, 0.1) is 17.6 Å². The highest BCUT2D eigenvalue weighted by molar-refractivity contribution is 7.90. The summed E-state index contributed by atoms with van der Waals surface area (Å²) in [4.78, 5) is 12.5. The highest BCUT2D eigenvalue weighted by Gasteiger charge is 2.43. The van der Waals surface area contributed by atoms with Crippen molar-refractivity contribution >= 4 is 27.0 Å². The molecule has 7 heteroatoms. The molecule has 1 aliphatic heterocycles. The lowest BCUT2D eigenvalue weighted by molar-refractivity contribution is -0.169. The Labute approximate surface area is 151 Å². The van der Waals surface area contributed by atoms with Crippen molar-refractivity contribution in [1.82, 2.24) is 0 Å². The van der Waals surface area contributed by atoms with Gasteiger partial charge in [0, 0.05) is 18.8 Å². The molecule has 3 rings (SSSR count). The van der Waals surface area contributed by atoms with Crippen LogP contribution in [0.2, 0.25) is 0 Å². The Morgan fingerprint density at radius 2 is 1.54 bits per heavy atom. The summed E-state index contributed by atoms with van der Waals surface area (Å²) in [6.07, 6.45) is 1.11. The van der Waals surface area contributed by atoms with E-state index in [0.29, 0.717) is 16.9 Å². The van der Waals surface area contributed by atoms with Crippen molar-refractivity contribution in [1.29, 1.82) is 0 Å². The Kier molecular flexibility index (Phi) is 4.37. The summed E-state index contributed by atoms with van der Waals surface area (Å²) in [6, 6.07) is 12.8. The molecule has 0 aliphatic carbocycles. The van der Waals surface area contributed by atoms with Crippen molar-refractivity contribution in [3.05, 3.63) is 59.7 Å². The largest absolute Gasteiger partial charge is 0.497 e. The van der Waals surface area contributed by atoms with Crippen LogP contribution in [0.4, 0.5) is 0 Å². The van der Waals surface area contributed by atoms with Gasteiger partial charge in [-0.15, -0.1) is 0 Å². The van der Waals surface area contributed by atoms with Crippen LogP contribution in [-0.2, 0) is 19.4 Å². The quantitative estimate of drug-likeness (QED) is 0.826. The van der Waals surface area contributed by atoms with E-state index in [-0.39, 0.29) is 16.0 Å². The van der Waals surface area contributed by atoms with E-state index in [1.54, 1.807) is 36.4 Å². The summed E-state index contributed by atoms with van der Waals surface area (Å²) in [5, 5.41) is 10.6. The second-order valence-corrected chi connectivity index (χ2v) is 8.16. The second-order valence-electron chi connectivity index (χ2n) is 6.15. The van der Waals surface area contributed by atoms with Gasteiger partial charge in [-0.05, 0) is 35.4 Å². The van der Waals surface area contributed by atoms with Gasteiger partial charge in [-0.2, -0.15) is 0 Å². The molecule has 0 bridgehead atoms. The predicted octanol–water partition coefficient (Wildman–Crippen LogP) is 2.27. The summed E-state index contributed by atoms with van der Waals surface area (Å²) in [7, 11) is -1.81. The number of rotatable bonds is 4. The standard InChI is InChI=1S/C19H18O6S/c1-19(21)17(13-6-10-15(11-7-13)26(3,22)23)16(18(20)25-19)12-4-8-14(24-2)9-5-12/h4-11,21H,1-3H3. The molecule has 1 unspecified atom stereocenters. The fraction of sp³-hybridized carbons (Fsp3) is 0.211. The van der Waals surface area contributed by atoms with E-state index < -0.39 is 21.6 Å². The Morgan fingerprint density at radius 1 is 1.00 bits per heavy atom. The van der Waals surface area contributed by atoms with Crippen LogP contribution in [0, 0.1) is 0 Å². The van der Waals surface area contributed by atoms with Crippen molar-refractivity contribution in [2.75, 3.05) is 13.4 Å². The average molecular weight is 374 g/mol. The molecule has 0 fully saturated rings. The molecular formula is C19H18O6S. The van der Waals surface area contributed by atoms with Crippen LogP contribution < -0.4 is 4.74 Å². The predicted molar refractivity (Wildman–Crippen MR) is 96.1 cm³/mol. The molecule has 2 aromatic rings. The van der Waals surface area contributed by atoms with Crippen LogP contribution in [0.1, 0.15) is 18.1 Å². The third-order valence-corrected chi connectivity index (χ3v) is 5.29. The van der Waals surface area contributed by atoms with Gasteiger partial charge in [-0.25, -0.2) is 13.2 Å². The number of aliphatic hydroxyl groups is 1. The van der Waals surface area contributed by atoms with Gasteiger partial charge in [-0.3, -0.25) is 0 Å². The molecule has 1 aliphatic rings. The Bertz CT molecular complexity index is 983. The van der Waals surface area contributed by atoms with E-state index in [4.69, 9.17) is 9.47 Å². The average Bonchev–Trinajstić information content (AvgIpc) is 2.83. The minimum atomic E-state index is -3.35. The maximum atomic E-state index is 12.4. The molecule has 1 N–H and O–H groups in total. The van der Waals surface area contributed by atoms with Crippen molar-refractivity contribution in [2.45, 2.75) is 17.6 Å². The topological polar surface area (TPSA) is 89.9 Å². The molecular weight excluding hydrogens is 356 g/mol. The number of hydrogen-bond donors (Lipinski definition) is 1. The number of esters is 1. The van der Waals surface area contributed by atoms with Crippen molar-refractivity contribution in [3.63, 3.8) is 0 Å². The maximum absolute atomic E-state index is 12.4. The Balaban J connectivity index is 2.17. The van der Waals surface area contributed by atoms with Crippen LogP contribution in [-0.4, -0.2) is 38.6 Å². The highest BCUT2D eigenvalue weighted by Crippen LogP contribution is 2.42. The first-order chi connectivity index (χ1) is 12.1. The molecule has 0 saturated carbocycles. The lowest BCUT2D eigenvalue weighted by Gasteiger charge is -2.20. The fourth-order valence-corrected chi connectivity index (χ4v) is 3.55. The summed E-state index contributed by atoms with van der Waals surface area (Å²) in [5.41, 5.74) is 1.58. The number of carbonyl (C=O) groups is 1. The van der Waals surface area contributed by atoms with Crippen LogP contribution in [0.15, 0.2) is 53.4 Å². The first kappa shape index (κ1) is 18.2. The maximum Gasteiger partial charge on any atom is 0.342 e. The van der Waals surface area contributed by atoms with Gasteiger partial charge in [0.1, 0.15) is 5.75 Å². The minimum Gasteiger partial charge on any atom is -0.497 e. The highest BCUT2D eigenvalue weighted by atomic mass is 32.2. The molecule has 1 heterocycles. The zero-order chi connectivity index (χ0) is 19.1. The molecule has 136 valence electrons. The zero-order valence-electron chi connectivity index (χ0n) is 14.5. The molecule has 0 aromatic heterocycles. The van der Waals surface area contributed by atoms with Crippen LogP contribution in [0.25, 0.3) is 11.1 Å². The molecule has 1 atom stereocenters. The zero-order valence-corrected chi connectivity index (χ0v) is 15.3. The summed E-state index contributed by atoms with van der Waals surface area (Å²) in [6.45, 7) is 1.38. The van der Waals surface area contributed by atoms with Gasteiger partial charge in [0.15, 0.2) is 9.84 Å². The fourth-order valence-electron chi connectivity index (χ4n) is 2.92. The van der Waals surface area contributed by atoms with Gasteiger partial charge < -0.3 is 14.6 Å². The smallest absolute Gasteiger partial charge is 0.342 e. The third-order valence-electron chi connectivity index (χ3n) is 4.16. The van der Waals surface area contributed by atoms with E-state index in [1.165, 1.54) is 26.2 Å². The number of benzene rings is 2. The number of cyclic esters (lactones) is 1. The van der Waals surface area contributed by atoms with Gasteiger partial charge in [0.2, 0.25) is 5.79 Å². The van der Waals surface area contributed by atoms with Gasteiger partial charge in [-0.1, -0.05) is 24.3 Å². The van der Waals surface area contributed by atoms with E-state index in [1.807, 2.05) is 0 Å². The first-order valence-corrected chi connectivity index (χ1v) is 9.68. The number of methoxy groups -OCH3 is 1. The number of sulfone groups is 1. The van der Waals surface area contributed by atoms with E-state index in [2.05, 4.69) is 0 Å². The second kappa shape index (κ2) is 6.26. The minimum absolute atomic E-state index is 0.151. The van der Waals surface area contributed by atoms with E-state index in [9.17, 15) is 18.3 Å². The molecule has 0 amide bonds. The summed E-state index contributed by atoms with van der Waals surface area (Å²) < 4.78 is 33.5. The van der Waals surface area contributed by atoms with Crippen LogP contribution >= 0.6 is 0 Å². The van der Waals surface area contributed by atoms with Crippen LogP contribution in [0.3, 0.4) is 0 Å². The monoisotopic (exact) mass is 374 g/mol. The Morgan fingerprint density at radius 3 is 2.04 bits per heavy atom. The molecule has 0 spiro atoms. The summed E-state index contributed by atoms with van der Waals surface area (Å²) >= 11 is 0. The third kappa shape index (κ3) is 3.23. The van der Waals surface area contributed by atoms with Gasteiger partial charge in [0.25, 0.3) is 0 Å². The first-order valence-electron chi connectivity index (χ1n) is 7.79. The molecule has 0 saturated heterocycles. The molecule has 26 heavy (non-hydrogen) atoms. The van der Waals surface area contributed by atoms with E-state index >= 15 is 0 Å². The van der Waals surface area contributed by atoms with E-state index in [0.717, 1.165) is 6.26 Å². The number of ether oxygens (including phenoxy) is 2.